The zero-order valence-electron chi connectivity index (χ0n) is 17.2. The van der Waals surface area contributed by atoms with Gasteiger partial charge >= 0.3 is 0 Å². The van der Waals surface area contributed by atoms with Gasteiger partial charge in [-0.1, -0.05) is 29.8 Å². The fourth-order valence-corrected chi connectivity index (χ4v) is 3.10. The monoisotopic (exact) mass is 411 g/mol. The number of aryl methyl sites for hydroxylation is 1. The first kappa shape index (κ1) is 21.2. The van der Waals surface area contributed by atoms with Crippen LogP contribution in [0.2, 0.25) is 0 Å². The molecule has 1 aliphatic rings. The Morgan fingerprint density at radius 3 is 2.37 bits per heavy atom. The van der Waals surface area contributed by atoms with Crippen LogP contribution in [0.5, 0.6) is 11.5 Å². The van der Waals surface area contributed by atoms with Crippen molar-refractivity contribution in [2.45, 2.75) is 19.9 Å². The van der Waals surface area contributed by atoms with Gasteiger partial charge in [-0.15, -0.1) is 0 Å². The Bertz CT molecular complexity index is 942. The molecule has 0 aliphatic carbocycles. The van der Waals surface area contributed by atoms with Crippen LogP contribution in [0.25, 0.3) is 0 Å². The first-order valence-electron chi connectivity index (χ1n) is 9.62. The maximum Gasteiger partial charge on any atom is 0.251 e. The van der Waals surface area contributed by atoms with Crippen molar-refractivity contribution in [2.24, 2.45) is 0 Å². The predicted molar refractivity (Wildman–Crippen MR) is 111 cm³/mol. The molecule has 1 aliphatic heterocycles. The van der Waals surface area contributed by atoms with Gasteiger partial charge in [0.1, 0.15) is 19.3 Å². The van der Waals surface area contributed by atoms with Crippen LogP contribution in [0.3, 0.4) is 0 Å². The number of hydrogen-bond acceptors (Lipinski definition) is 5. The highest BCUT2D eigenvalue weighted by Gasteiger charge is 2.29. The van der Waals surface area contributed by atoms with Crippen LogP contribution in [0.1, 0.15) is 24.1 Å². The van der Waals surface area contributed by atoms with Gasteiger partial charge in [0, 0.05) is 25.7 Å². The number of amides is 3. The van der Waals surface area contributed by atoms with Crippen molar-refractivity contribution in [1.82, 2.24) is 10.2 Å². The van der Waals surface area contributed by atoms with E-state index in [0.29, 0.717) is 36.0 Å². The third-order valence-corrected chi connectivity index (χ3v) is 4.72. The van der Waals surface area contributed by atoms with E-state index in [9.17, 15) is 14.4 Å². The second kappa shape index (κ2) is 9.30. The van der Waals surface area contributed by atoms with Crippen molar-refractivity contribution in [3.8, 4) is 11.5 Å². The van der Waals surface area contributed by atoms with E-state index in [1.54, 1.807) is 18.2 Å². The van der Waals surface area contributed by atoms with E-state index in [4.69, 9.17) is 9.47 Å². The van der Waals surface area contributed by atoms with Crippen LogP contribution >= 0.6 is 0 Å². The highest BCUT2D eigenvalue weighted by molar-refractivity contribution is 5.98. The van der Waals surface area contributed by atoms with E-state index in [2.05, 4.69) is 10.6 Å². The van der Waals surface area contributed by atoms with Gasteiger partial charge in [-0.2, -0.15) is 0 Å². The topological polar surface area (TPSA) is 97.0 Å². The fourth-order valence-electron chi connectivity index (χ4n) is 3.10. The van der Waals surface area contributed by atoms with Crippen molar-refractivity contribution in [1.29, 1.82) is 0 Å². The second-order valence-corrected chi connectivity index (χ2v) is 7.08. The molecule has 2 aromatic carbocycles. The zero-order chi connectivity index (χ0) is 21.7. The molecule has 30 heavy (non-hydrogen) atoms. The lowest BCUT2D eigenvalue weighted by Gasteiger charge is -2.28. The highest BCUT2D eigenvalue weighted by Crippen LogP contribution is 2.33. The summed E-state index contributed by atoms with van der Waals surface area (Å²) in [6.45, 7) is 4.01. The molecule has 0 aromatic heterocycles. The molecular formula is C22H25N3O5. The van der Waals surface area contributed by atoms with Crippen LogP contribution in [0, 0.1) is 6.92 Å². The van der Waals surface area contributed by atoms with E-state index < -0.39 is 6.04 Å². The van der Waals surface area contributed by atoms with E-state index in [-0.39, 0.29) is 24.3 Å². The molecule has 3 rings (SSSR count). The number of anilines is 1. The molecule has 3 amide bonds. The summed E-state index contributed by atoms with van der Waals surface area (Å²) >= 11 is 0. The lowest BCUT2D eigenvalue weighted by atomic mass is 10.0. The van der Waals surface area contributed by atoms with Gasteiger partial charge in [-0.3, -0.25) is 14.4 Å². The van der Waals surface area contributed by atoms with Gasteiger partial charge in [-0.05, 0) is 24.6 Å². The number of rotatable bonds is 6. The Kier molecular flexibility index (Phi) is 6.56. The first-order chi connectivity index (χ1) is 14.3. The van der Waals surface area contributed by atoms with Crippen molar-refractivity contribution in [2.75, 3.05) is 32.1 Å². The molecule has 2 aromatic rings. The lowest BCUT2D eigenvalue weighted by molar-refractivity contribution is -0.137. The summed E-state index contributed by atoms with van der Waals surface area (Å²) in [7, 11) is 1.54. The summed E-state index contributed by atoms with van der Waals surface area (Å²) in [5.74, 6) is 0.102. The van der Waals surface area contributed by atoms with Gasteiger partial charge in [0.2, 0.25) is 11.8 Å². The van der Waals surface area contributed by atoms with Gasteiger partial charge < -0.3 is 25.0 Å². The minimum atomic E-state index is -0.875. The SMILES string of the molecule is CC(=O)NCC(=O)N(C)[C@@H](C(=O)Nc1ccc2c(c1)OCCO2)c1ccc(C)cc1. The third-order valence-electron chi connectivity index (χ3n) is 4.72. The number of ether oxygens (including phenoxy) is 2. The number of fused-ring (bicyclic) bond motifs is 1. The summed E-state index contributed by atoms with van der Waals surface area (Å²) in [6.07, 6.45) is 0. The third kappa shape index (κ3) is 5.08. The highest BCUT2D eigenvalue weighted by atomic mass is 16.6. The van der Waals surface area contributed by atoms with Gasteiger partial charge in [0.25, 0.3) is 5.91 Å². The molecular weight excluding hydrogens is 386 g/mol. The number of carbonyl (C=O) groups is 3. The molecule has 2 N–H and O–H groups in total. The van der Waals surface area contributed by atoms with E-state index in [1.165, 1.54) is 18.9 Å². The van der Waals surface area contributed by atoms with Gasteiger partial charge in [0.15, 0.2) is 11.5 Å². The first-order valence-corrected chi connectivity index (χ1v) is 9.62. The minimum Gasteiger partial charge on any atom is -0.486 e. The van der Waals surface area contributed by atoms with E-state index in [1.807, 2.05) is 31.2 Å². The Morgan fingerprint density at radius 1 is 1.03 bits per heavy atom. The summed E-state index contributed by atoms with van der Waals surface area (Å²) in [5.41, 5.74) is 2.23. The summed E-state index contributed by atoms with van der Waals surface area (Å²) in [5, 5.41) is 5.32. The molecule has 0 unspecified atom stereocenters. The van der Waals surface area contributed by atoms with Gasteiger partial charge in [0.05, 0.1) is 6.54 Å². The summed E-state index contributed by atoms with van der Waals surface area (Å²) < 4.78 is 11.1. The number of nitrogens with zero attached hydrogens (tertiary/aromatic N) is 1. The number of carbonyl (C=O) groups excluding carboxylic acids is 3. The van der Waals surface area contributed by atoms with Crippen LogP contribution in [0.15, 0.2) is 42.5 Å². The smallest absolute Gasteiger partial charge is 0.251 e. The van der Waals surface area contributed by atoms with Crippen LogP contribution in [-0.2, 0) is 14.4 Å². The molecule has 0 radical (unpaired) electrons. The fraction of sp³-hybridized carbons (Fsp3) is 0.318. The molecule has 0 saturated heterocycles. The molecule has 1 atom stereocenters. The summed E-state index contributed by atoms with van der Waals surface area (Å²) in [6, 6.07) is 11.7. The van der Waals surface area contributed by atoms with Crippen LogP contribution in [-0.4, -0.2) is 49.4 Å². The van der Waals surface area contributed by atoms with Crippen molar-refractivity contribution in [3.63, 3.8) is 0 Å². The van der Waals surface area contributed by atoms with Crippen molar-refractivity contribution < 1.29 is 23.9 Å². The Morgan fingerprint density at radius 2 is 1.70 bits per heavy atom. The Labute approximate surface area is 175 Å². The minimum absolute atomic E-state index is 0.189. The number of likely N-dealkylation sites (N-methyl/N-ethyl adjacent to an activating group) is 1. The Hall–Kier alpha value is -3.55. The van der Waals surface area contributed by atoms with Crippen LogP contribution in [0.4, 0.5) is 5.69 Å². The van der Waals surface area contributed by atoms with E-state index >= 15 is 0 Å². The number of hydrogen-bond donors (Lipinski definition) is 2. The quantitative estimate of drug-likeness (QED) is 0.758. The average Bonchev–Trinajstić information content (AvgIpc) is 2.73. The molecule has 0 spiro atoms. The second-order valence-electron chi connectivity index (χ2n) is 7.08. The molecule has 158 valence electrons. The number of benzene rings is 2. The van der Waals surface area contributed by atoms with Crippen molar-refractivity contribution >= 4 is 23.4 Å². The maximum absolute atomic E-state index is 13.2. The molecule has 0 fully saturated rings. The van der Waals surface area contributed by atoms with E-state index in [0.717, 1.165) is 5.56 Å². The van der Waals surface area contributed by atoms with Crippen molar-refractivity contribution in [3.05, 3.63) is 53.6 Å². The standard InChI is InChI=1S/C22H25N3O5/c1-14-4-6-16(7-5-14)21(25(3)20(27)13-23-15(2)26)22(28)24-17-8-9-18-19(12-17)30-11-10-29-18/h4-9,12,21H,10-11,13H2,1-3H3,(H,23,26)(H,24,28)/t21-/m1/s1. The van der Waals surface area contributed by atoms with Gasteiger partial charge in [-0.25, -0.2) is 0 Å². The predicted octanol–water partition coefficient (Wildman–Crippen LogP) is 2.04. The summed E-state index contributed by atoms with van der Waals surface area (Å²) in [4.78, 5) is 38.2. The average molecular weight is 411 g/mol. The van der Waals surface area contributed by atoms with Crippen LogP contribution < -0.4 is 20.1 Å². The lowest BCUT2D eigenvalue weighted by Crippen LogP contribution is -2.43. The maximum atomic E-state index is 13.2. The Balaban J connectivity index is 1.83. The zero-order valence-corrected chi connectivity index (χ0v) is 17.2. The molecule has 1 heterocycles. The molecule has 0 bridgehead atoms. The molecule has 8 nitrogen and oxygen atoms in total. The normalized spacial score (nSPS) is 13.2. The molecule has 0 saturated carbocycles. The molecule has 8 heteroatoms. The number of nitrogens with one attached hydrogen (secondary N) is 2. The largest absolute Gasteiger partial charge is 0.486 e.